The number of amides is 1. The molecule has 134 valence electrons. The van der Waals surface area contributed by atoms with Crippen LogP contribution in [0, 0.1) is 0 Å². The zero-order chi connectivity index (χ0) is 18.9. The molecule has 2 heterocycles. The number of pyridine rings is 1. The van der Waals surface area contributed by atoms with Crippen LogP contribution in [0.15, 0.2) is 48.7 Å². The molecule has 0 bridgehead atoms. The van der Waals surface area contributed by atoms with Gasteiger partial charge in [-0.25, -0.2) is 0 Å². The number of alkyl halides is 3. The minimum atomic E-state index is -4.95. The van der Waals surface area contributed by atoms with E-state index in [1.807, 2.05) is 30.3 Å². The number of carbonyl (C=O) groups is 2. The lowest BCUT2D eigenvalue weighted by Gasteiger charge is -2.16. The van der Waals surface area contributed by atoms with Gasteiger partial charge in [0.25, 0.3) is 11.7 Å². The molecule has 0 fully saturated rings. The van der Waals surface area contributed by atoms with Crippen molar-refractivity contribution in [1.29, 1.82) is 0 Å². The van der Waals surface area contributed by atoms with Gasteiger partial charge in [-0.2, -0.15) is 13.2 Å². The molecule has 0 atom stereocenters. The Morgan fingerprint density at radius 1 is 1.12 bits per heavy atom. The van der Waals surface area contributed by atoms with Crippen molar-refractivity contribution in [3.8, 4) is 0 Å². The molecule has 0 saturated heterocycles. The normalized spacial score (nSPS) is 11.5. The first-order chi connectivity index (χ1) is 12.3. The van der Waals surface area contributed by atoms with E-state index >= 15 is 0 Å². The predicted octanol–water partition coefficient (Wildman–Crippen LogP) is 4.31. The molecule has 8 heteroatoms. The number of fused-ring (bicyclic) bond motifs is 1. The Balaban J connectivity index is 1.75. The molecule has 1 aromatic carbocycles. The topological polar surface area (TPSA) is 50.3 Å². The van der Waals surface area contributed by atoms with Gasteiger partial charge in [0.15, 0.2) is 0 Å². The van der Waals surface area contributed by atoms with Crippen molar-refractivity contribution in [3.63, 3.8) is 0 Å². The van der Waals surface area contributed by atoms with Gasteiger partial charge in [-0.15, -0.1) is 11.3 Å². The van der Waals surface area contributed by atoms with Crippen molar-refractivity contribution in [2.24, 2.45) is 0 Å². The molecule has 2 aromatic heterocycles. The maximum absolute atomic E-state index is 12.5. The highest BCUT2D eigenvalue weighted by Crippen LogP contribution is 2.27. The van der Waals surface area contributed by atoms with Crippen molar-refractivity contribution < 1.29 is 22.8 Å². The van der Waals surface area contributed by atoms with Gasteiger partial charge in [0.1, 0.15) is 0 Å². The van der Waals surface area contributed by atoms with E-state index in [-0.39, 0.29) is 11.4 Å². The third-order valence-electron chi connectivity index (χ3n) is 3.73. The van der Waals surface area contributed by atoms with Crippen LogP contribution in [0.1, 0.15) is 24.9 Å². The minimum absolute atomic E-state index is 0.0857. The average Bonchev–Trinajstić information content (AvgIpc) is 3.09. The third-order valence-corrected chi connectivity index (χ3v) is 4.80. The first kappa shape index (κ1) is 18.1. The maximum Gasteiger partial charge on any atom is 0.455 e. The average molecular weight is 378 g/mol. The molecule has 1 amide bonds. The van der Waals surface area contributed by atoms with E-state index < -0.39 is 22.7 Å². The molecule has 0 aliphatic carbocycles. The Morgan fingerprint density at radius 2 is 1.85 bits per heavy atom. The highest BCUT2D eigenvalue weighted by molar-refractivity contribution is 7.16. The van der Waals surface area contributed by atoms with Gasteiger partial charge in [-0.1, -0.05) is 12.1 Å². The summed E-state index contributed by atoms with van der Waals surface area (Å²) in [6, 6.07) is 11.6. The van der Waals surface area contributed by atoms with E-state index in [0.29, 0.717) is 11.3 Å². The van der Waals surface area contributed by atoms with Crippen molar-refractivity contribution in [2.45, 2.75) is 12.7 Å². The summed E-state index contributed by atoms with van der Waals surface area (Å²) in [6.45, 7) is 0.282. The maximum atomic E-state index is 12.5. The van der Waals surface area contributed by atoms with Crippen molar-refractivity contribution in [1.82, 2.24) is 9.88 Å². The van der Waals surface area contributed by atoms with E-state index in [2.05, 4.69) is 4.98 Å². The number of thiophene rings is 1. The predicted molar refractivity (Wildman–Crippen MR) is 92.2 cm³/mol. The number of rotatable bonds is 4. The van der Waals surface area contributed by atoms with Crippen LogP contribution in [-0.2, 0) is 6.54 Å². The zero-order valence-electron chi connectivity index (χ0n) is 13.6. The van der Waals surface area contributed by atoms with Crippen LogP contribution < -0.4 is 0 Å². The van der Waals surface area contributed by atoms with E-state index in [9.17, 15) is 22.8 Å². The number of ketones is 1. The molecule has 0 saturated carbocycles. The van der Waals surface area contributed by atoms with Crippen LogP contribution in [0.5, 0.6) is 0 Å². The summed E-state index contributed by atoms with van der Waals surface area (Å²) in [7, 11) is 1.56. The Hall–Kier alpha value is -2.74. The monoisotopic (exact) mass is 378 g/mol. The van der Waals surface area contributed by atoms with Gasteiger partial charge < -0.3 is 4.90 Å². The van der Waals surface area contributed by atoms with Crippen LogP contribution in [-0.4, -0.2) is 34.8 Å². The first-order valence-electron chi connectivity index (χ1n) is 7.56. The zero-order valence-corrected chi connectivity index (χ0v) is 14.4. The Bertz CT molecular complexity index is 982. The summed E-state index contributed by atoms with van der Waals surface area (Å²) in [5, 5.41) is 0.931. The standard InChI is InChI=1S/C18H13F3N2O2S/c1-23(10-11-4-5-13-12(9-11)3-2-8-22-13)17(25)15-7-6-14(26-15)16(24)18(19,20)21/h2-9H,10H2,1H3. The molecule has 0 aliphatic heterocycles. The summed E-state index contributed by atoms with van der Waals surface area (Å²) in [5.41, 5.74) is 1.70. The Kier molecular flexibility index (Phi) is 4.78. The van der Waals surface area contributed by atoms with Crippen molar-refractivity contribution in [2.75, 3.05) is 7.05 Å². The lowest BCUT2D eigenvalue weighted by atomic mass is 10.1. The lowest BCUT2D eigenvalue weighted by Crippen LogP contribution is -2.25. The molecule has 4 nitrogen and oxygen atoms in total. The molecular formula is C18H13F3N2O2S. The molecule has 0 radical (unpaired) electrons. The summed E-state index contributed by atoms with van der Waals surface area (Å²) in [4.78, 5) is 28.9. The summed E-state index contributed by atoms with van der Waals surface area (Å²) in [5.74, 6) is -2.38. The number of aromatic nitrogens is 1. The van der Waals surface area contributed by atoms with Gasteiger partial charge in [0.2, 0.25) is 0 Å². The van der Waals surface area contributed by atoms with E-state index in [0.717, 1.165) is 22.5 Å². The van der Waals surface area contributed by atoms with Gasteiger partial charge in [-0.3, -0.25) is 14.6 Å². The fourth-order valence-electron chi connectivity index (χ4n) is 2.47. The van der Waals surface area contributed by atoms with E-state index in [4.69, 9.17) is 0 Å². The molecule has 0 spiro atoms. The highest BCUT2D eigenvalue weighted by Gasteiger charge is 2.40. The fourth-order valence-corrected chi connectivity index (χ4v) is 3.43. The number of halogens is 3. The second-order valence-electron chi connectivity index (χ2n) is 5.68. The molecule has 0 unspecified atom stereocenters. The quantitative estimate of drug-likeness (QED) is 0.636. The van der Waals surface area contributed by atoms with Crippen LogP contribution in [0.2, 0.25) is 0 Å². The minimum Gasteiger partial charge on any atom is -0.337 e. The molecule has 26 heavy (non-hydrogen) atoms. The second kappa shape index (κ2) is 6.87. The van der Waals surface area contributed by atoms with Crippen LogP contribution in [0.4, 0.5) is 13.2 Å². The van der Waals surface area contributed by atoms with E-state index in [1.165, 1.54) is 11.0 Å². The first-order valence-corrected chi connectivity index (χ1v) is 8.38. The van der Waals surface area contributed by atoms with Gasteiger partial charge in [-0.05, 0) is 35.9 Å². The molecular weight excluding hydrogens is 365 g/mol. The van der Waals surface area contributed by atoms with Crippen molar-refractivity contribution in [3.05, 3.63) is 64.0 Å². The Morgan fingerprint density at radius 3 is 2.58 bits per heavy atom. The lowest BCUT2D eigenvalue weighted by molar-refractivity contribution is -0.0882. The van der Waals surface area contributed by atoms with Gasteiger partial charge in [0, 0.05) is 25.2 Å². The number of hydrogen-bond acceptors (Lipinski definition) is 4. The van der Waals surface area contributed by atoms with Crippen molar-refractivity contribution >= 4 is 33.9 Å². The molecule has 3 aromatic rings. The third kappa shape index (κ3) is 3.75. The smallest absolute Gasteiger partial charge is 0.337 e. The molecule has 0 N–H and O–H groups in total. The number of carbonyl (C=O) groups excluding carboxylic acids is 2. The Labute approximate surface area is 150 Å². The van der Waals surface area contributed by atoms with Crippen LogP contribution in [0.3, 0.4) is 0 Å². The number of hydrogen-bond donors (Lipinski definition) is 0. The largest absolute Gasteiger partial charge is 0.455 e. The highest BCUT2D eigenvalue weighted by atomic mass is 32.1. The SMILES string of the molecule is CN(Cc1ccc2ncccc2c1)C(=O)c1ccc(C(=O)C(F)(F)F)s1. The second-order valence-corrected chi connectivity index (χ2v) is 6.77. The molecule has 0 aliphatic rings. The number of benzene rings is 1. The number of nitrogens with zero attached hydrogens (tertiary/aromatic N) is 2. The van der Waals surface area contributed by atoms with Gasteiger partial charge >= 0.3 is 6.18 Å². The summed E-state index contributed by atoms with van der Waals surface area (Å²) < 4.78 is 37.4. The number of Topliss-reactive ketones (excluding diaryl/α,β-unsaturated/α-hetero) is 1. The summed E-state index contributed by atoms with van der Waals surface area (Å²) >= 11 is 0.547. The molecule has 3 rings (SSSR count). The van der Waals surface area contributed by atoms with E-state index in [1.54, 1.807) is 13.2 Å². The van der Waals surface area contributed by atoms with Crippen LogP contribution in [0.25, 0.3) is 10.9 Å². The van der Waals surface area contributed by atoms with Gasteiger partial charge in [0.05, 0.1) is 15.3 Å². The van der Waals surface area contributed by atoms with Crippen LogP contribution >= 0.6 is 11.3 Å². The fraction of sp³-hybridized carbons (Fsp3) is 0.167. The summed E-state index contributed by atoms with van der Waals surface area (Å²) in [6.07, 6.45) is -3.26.